The lowest BCUT2D eigenvalue weighted by Crippen LogP contribution is -2.26. The number of benzene rings is 2. The van der Waals surface area contributed by atoms with E-state index in [0.29, 0.717) is 22.5 Å². The van der Waals surface area contributed by atoms with E-state index in [1.165, 1.54) is 21.2 Å². The Hall–Kier alpha value is -4.92. The molecule has 0 atom stereocenters. The minimum absolute atomic E-state index is 0.0862. The molecule has 0 aliphatic heterocycles. The summed E-state index contributed by atoms with van der Waals surface area (Å²) < 4.78 is 18.9. The molecule has 1 amide bonds. The summed E-state index contributed by atoms with van der Waals surface area (Å²) in [6.07, 6.45) is 12.7. The van der Waals surface area contributed by atoms with Crippen LogP contribution >= 0.6 is 0 Å². The Balaban J connectivity index is 1.23. The third-order valence-corrected chi connectivity index (χ3v) is 7.80. The van der Waals surface area contributed by atoms with E-state index < -0.39 is 0 Å². The fourth-order valence-corrected chi connectivity index (χ4v) is 5.45. The highest BCUT2D eigenvalue weighted by atomic mass is 19.1. The number of aromatic nitrogens is 6. The summed E-state index contributed by atoms with van der Waals surface area (Å²) in [5, 5.41) is 5.34. The first-order valence-corrected chi connectivity index (χ1v) is 13.1. The van der Waals surface area contributed by atoms with Gasteiger partial charge in [0.05, 0.1) is 23.6 Å². The van der Waals surface area contributed by atoms with E-state index >= 15 is 4.39 Å². The highest BCUT2D eigenvalue weighted by molar-refractivity contribution is 5.84. The van der Waals surface area contributed by atoms with Crippen LogP contribution in [0.1, 0.15) is 24.1 Å². The lowest BCUT2D eigenvalue weighted by Gasteiger charge is -2.17. The molecule has 0 radical (unpaired) electrons. The van der Waals surface area contributed by atoms with E-state index in [9.17, 15) is 4.79 Å². The van der Waals surface area contributed by atoms with Gasteiger partial charge >= 0.3 is 0 Å². The summed E-state index contributed by atoms with van der Waals surface area (Å²) in [5.74, 6) is 0.148. The van der Waals surface area contributed by atoms with Gasteiger partial charge in [-0.15, -0.1) is 0 Å². The number of fused-ring (bicyclic) bond motifs is 2. The quantitative estimate of drug-likeness (QED) is 0.298. The molecule has 7 rings (SSSR count). The Kier molecular flexibility index (Phi) is 5.48. The van der Waals surface area contributed by atoms with Crippen LogP contribution in [0.4, 0.5) is 4.39 Å². The van der Waals surface area contributed by atoms with Gasteiger partial charge in [0.15, 0.2) is 0 Å². The van der Waals surface area contributed by atoms with Crippen molar-refractivity contribution in [3.05, 3.63) is 103 Å². The molecule has 0 unspecified atom stereocenters. The number of hydrogen-bond donors (Lipinski definition) is 0. The lowest BCUT2D eigenvalue weighted by atomic mass is 9.90. The van der Waals surface area contributed by atoms with Crippen LogP contribution in [0.3, 0.4) is 0 Å². The number of likely N-dealkylation sites (N-methyl/N-ethyl adjacent to an activating group) is 1. The van der Waals surface area contributed by atoms with Crippen molar-refractivity contribution in [1.82, 2.24) is 34.0 Å². The Bertz CT molecular complexity index is 1910. The fraction of sp³-hybridized carbons (Fsp3) is 0.194. The molecular formula is C31H26FN7O. The SMILES string of the molecule is CN(C)C(=O)Cn1cc(-c2ccc(-c3cnc4ncc(C5(c6cccc7cccnc67)CC5)n4c3)cc2F)cn1. The molecule has 4 aromatic heterocycles. The molecule has 1 saturated carbocycles. The number of halogens is 1. The molecule has 4 heterocycles. The van der Waals surface area contributed by atoms with Crippen LogP contribution in [0.25, 0.3) is 38.9 Å². The lowest BCUT2D eigenvalue weighted by molar-refractivity contribution is -0.129. The van der Waals surface area contributed by atoms with Gasteiger partial charge in [0.25, 0.3) is 0 Å². The molecule has 6 aromatic rings. The second-order valence-corrected chi connectivity index (χ2v) is 10.5. The van der Waals surface area contributed by atoms with E-state index in [0.717, 1.165) is 35.0 Å². The third kappa shape index (κ3) is 3.93. The molecule has 0 saturated heterocycles. The Morgan fingerprint density at radius 2 is 1.77 bits per heavy atom. The number of pyridine rings is 1. The van der Waals surface area contributed by atoms with E-state index in [1.807, 2.05) is 35.1 Å². The highest BCUT2D eigenvalue weighted by Crippen LogP contribution is 2.54. The molecular weight excluding hydrogens is 505 g/mol. The molecule has 198 valence electrons. The molecule has 8 nitrogen and oxygen atoms in total. The molecule has 1 aliphatic rings. The number of hydrogen-bond acceptors (Lipinski definition) is 5. The van der Waals surface area contributed by atoms with Gasteiger partial charge in [-0.05, 0) is 36.1 Å². The summed E-state index contributed by atoms with van der Waals surface area (Å²) in [6.45, 7) is 0.0992. The molecule has 0 spiro atoms. The first kappa shape index (κ1) is 24.1. The van der Waals surface area contributed by atoms with E-state index in [4.69, 9.17) is 4.98 Å². The topological polar surface area (TPSA) is 81.2 Å². The highest BCUT2D eigenvalue weighted by Gasteiger charge is 2.49. The summed E-state index contributed by atoms with van der Waals surface area (Å²) >= 11 is 0. The Morgan fingerprint density at radius 3 is 2.58 bits per heavy atom. The van der Waals surface area contributed by atoms with Crippen molar-refractivity contribution in [2.75, 3.05) is 14.1 Å². The maximum atomic E-state index is 15.4. The van der Waals surface area contributed by atoms with Gasteiger partial charge in [-0.25, -0.2) is 14.4 Å². The van der Waals surface area contributed by atoms with Gasteiger partial charge in [0, 0.05) is 66.4 Å². The summed E-state index contributed by atoms with van der Waals surface area (Å²) in [6, 6.07) is 15.5. The fourth-order valence-electron chi connectivity index (χ4n) is 5.45. The van der Waals surface area contributed by atoms with Gasteiger partial charge in [0.1, 0.15) is 12.4 Å². The number of nitrogens with zero attached hydrogens (tertiary/aromatic N) is 7. The summed E-state index contributed by atoms with van der Waals surface area (Å²) in [4.78, 5) is 27.4. The van der Waals surface area contributed by atoms with Gasteiger partial charge in [-0.1, -0.05) is 36.4 Å². The van der Waals surface area contributed by atoms with Gasteiger partial charge < -0.3 is 4.90 Å². The smallest absolute Gasteiger partial charge is 0.243 e. The molecule has 1 aliphatic carbocycles. The molecule has 2 aromatic carbocycles. The summed E-state index contributed by atoms with van der Waals surface area (Å²) in [7, 11) is 3.38. The minimum atomic E-state index is -0.373. The second kappa shape index (κ2) is 9.08. The van der Waals surface area contributed by atoms with Crippen LogP contribution in [0.5, 0.6) is 0 Å². The van der Waals surface area contributed by atoms with Gasteiger partial charge in [-0.2, -0.15) is 5.10 Å². The van der Waals surface area contributed by atoms with E-state index in [-0.39, 0.29) is 23.7 Å². The number of carbonyl (C=O) groups is 1. The Labute approximate surface area is 229 Å². The van der Waals surface area contributed by atoms with Crippen LogP contribution in [0, 0.1) is 5.82 Å². The molecule has 1 fully saturated rings. The van der Waals surface area contributed by atoms with Crippen LogP contribution in [-0.4, -0.2) is 54.0 Å². The minimum Gasteiger partial charge on any atom is -0.347 e. The normalized spacial score (nSPS) is 14.1. The third-order valence-electron chi connectivity index (χ3n) is 7.80. The van der Waals surface area contributed by atoms with Gasteiger partial charge in [0.2, 0.25) is 11.7 Å². The zero-order chi connectivity index (χ0) is 27.4. The first-order valence-electron chi connectivity index (χ1n) is 13.1. The van der Waals surface area contributed by atoms with Crippen LogP contribution in [-0.2, 0) is 16.8 Å². The average Bonchev–Trinajstić information content (AvgIpc) is 3.43. The molecule has 9 heteroatoms. The van der Waals surface area contributed by atoms with Crippen molar-refractivity contribution in [3.63, 3.8) is 0 Å². The molecule has 40 heavy (non-hydrogen) atoms. The van der Waals surface area contributed by atoms with Crippen molar-refractivity contribution < 1.29 is 9.18 Å². The van der Waals surface area contributed by atoms with Crippen LogP contribution in [0.15, 0.2) is 85.7 Å². The zero-order valence-electron chi connectivity index (χ0n) is 22.1. The number of imidazole rings is 1. The number of amides is 1. The first-order chi connectivity index (χ1) is 19.4. The van der Waals surface area contributed by atoms with Crippen molar-refractivity contribution in [3.8, 4) is 22.3 Å². The van der Waals surface area contributed by atoms with Crippen molar-refractivity contribution in [2.45, 2.75) is 24.8 Å². The predicted molar refractivity (Wildman–Crippen MR) is 150 cm³/mol. The van der Waals surface area contributed by atoms with E-state index in [1.54, 1.807) is 38.8 Å². The number of rotatable bonds is 6. The Morgan fingerprint density at radius 1 is 0.950 bits per heavy atom. The van der Waals surface area contributed by atoms with Crippen LogP contribution in [0.2, 0.25) is 0 Å². The maximum absolute atomic E-state index is 15.4. The number of para-hydroxylation sites is 1. The molecule has 0 bridgehead atoms. The predicted octanol–water partition coefficient (Wildman–Crippen LogP) is 5.12. The second-order valence-electron chi connectivity index (χ2n) is 10.5. The van der Waals surface area contributed by atoms with Crippen molar-refractivity contribution >= 4 is 22.6 Å². The van der Waals surface area contributed by atoms with Crippen molar-refractivity contribution in [1.29, 1.82) is 0 Å². The van der Waals surface area contributed by atoms with Crippen molar-refractivity contribution in [2.24, 2.45) is 0 Å². The summed E-state index contributed by atoms with van der Waals surface area (Å²) in [5.41, 5.74) is 5.61. The molecule has 0 N–H and O–H groups in total. The van der Waals surface area contributed by atoms with Crippen LogP contribution < -0.4 is 0 Å². The number of carbonyl (C=O) groups excluding carboxylic acids is 1. The zero-order valence-corrected chi connectivity index (χ0v) is 22.1. The monoisotopic (exact) mass is 531 g/mol. The maximum Gasteiger partial charge on any atom is 0.243 e. The largest absolute Gasteiger partial charge is 0.347 e. The average molecular weight is 532 g/mol. The van der Waals surface area contributed by atoms with Gasteiger partial charge in [-0.3, -0.25) is 18.9 Å². The standard InChI is InChI=1S/C31H26FN7O/c1-37(2)28(40)19-38-17-23(15-36-38)24-9-8-21(13-26(24)32)22-14-34-30-35-16-27(39(30)18-22)31(10-11-31)25-7-3-5-20-6-4-12-33-29(20)25/h3-9,12-18H,10-11,19H2,1-2H3. The van der Waals surface area contributed by atoms with E-state index in [2.05, 4.69) is 39.3 Å².